The average Bonchev–Trinajstić information content (AvgIpc) is 3.31. The van der Waals surface area contributed by atoms with E-state index in [9.17, 15) is 9.18 Å². The van der Waals surface area contributed by atoms with E-state index in [1.807, 2.05) is 6.07 Å². The average molecular weight is 536 g/mol. The molecule has 2 heterocycles. The lowest BCUT2D eigenvalue weighted by atomic mass is 10.1. The molecule has 0 saturated carbocycles. The molecule has 0 unspecified atom stereocenters. The van der Waals surface area contributed by atoms with Gasteiger partial charge in [-0.3, -0.25) is 0 Å². The number of ether oxygens (including phenoxy) is 1. The Morgan fingerprint density at radius 1 is 0.947 bits per heavy atom. The van der Waals surface area contributed by atoms with E-state index in [4.69, 9.17) is 4.74 Å². The Bertz CT molecular complexity index is 1590. The lowest BCUT2D eigenvalue weighted by molar-refractivity contribution is -0.107. The molecular formula is C27H20F3N5O2S. The van der Waals surface area contributed by atoms with Crippen LogP contribution in [0.1, 0.15) is 16.8 Å². The molecule has 192 valence electrons. The number of anilines is 4. The second-order valence-electron chi connectivity index (χ2n) is 8.21. The van der Waals surface area contributed by atoms with Gasteiger partial charge in [0.1, 0.15) is 29.4 Å². The number of aldehydes is 1. The van der Waals surface area contributed by atoms with Gasteiger partial charge in [-0.25, -0.2) is 14.4 Å². The van der Waals surface area contributed by atoms with Crippen LogP contribution in [-0.4, -0.2) is 28.3 Å². The number of carbonyl (C=O) groups excluding carboxylic acids is 1. The maximum absolute atomic E-state index is 15.5. The monoisotopic (exact) mass is 535 g/mol. The van der Waals surface area contributed by atoms with Crippen LogP contribution in [0.3, 0.4) is 0 Å². The molecule has 0 bridgehead atoms. The molecule has 38 heavy (non-hydrogen) atoms. The highest BCUT2D eigenvalue weighted by molar-refractivity contribution is 7.22. The van der Waals surface area contributed by atoms with Crippen molar-refractivity contribution in [1.29, 1.82) is 0 Å². The first-order valence-electron chi connectivity index (χ1n) is 11.4. The summed E-state index contributed by atoms with van der Waals surface area (Å²) in [6.07, 6.45) is 1.06. The van der Waals surface area contributed by atoms with Crippen LogP contribution >= 0.6 is 11.3 Å². The van der Waals surface area contributed by atoms with Gasteiger partial charge in [-0.1, -0.05) is 23.5 Å². The van der Waals surface area contributed by atoms with Crippen LogP contribution in [0.5, 0.6) is 5.75 Å². The molecule has 2 N–H and O–H groups in total. The van der Waals surface area contributed by atoms with Crippen molar-refractivity contribution in [3.63, 3.8) is 0 Å². The minimum Gasteiger partial charge on any atom is -0.497 e. The quantitative estimate of drug-likeness (QED) is 0.206. The van der Waals surface area contributed by atoms with Crippen LogP contribution in [-0.2, 0) is 17.1 Å². The number of benzene rings is 3. The number of aromatic nitrogens is 3. The third-order valence-electron chi connectivity index (χ3n) is 5.61. The van der Waals surface area contributed by atoms with Crippen molar-refractivity contribution in [2.45, 2.75) is 12.3 Å². The molecule has 7 nitrogen and oxygen atoms in total. The predicted octanol–water partition coefficient (Wildman–Crippen LogP) is 6.60. The van der Waals surface area contributed by atoms with E-state index in [2.05, 4.69) is 25.6 Å². The van der Waals surface area contributed by atoms with E-state index in [1.165, 1.54) is 11.3 Å². The first kappa shape index (κ1) is 25.2. The fourth-order valence-electron chi connectivity index (χ4n) is 3.68. The lowest BCUT2D eigenvalue weighted by Crippen LogP contribution is -2.19. The largest absolute Gasteiger partial charge is 0.497 e. The van der Waals surface area contributed by atoms with Gasteiger partial charge < -0.3 is 20.2 Å². The Kier molecular flexibility index (Phi) is 6.93. The molecule has 0 aliphatic rings. The molecule has 0 fully saturated rings. The van der Waals surface area contributed by atoms with Crippen molar-refractivity contribution in [2.75, 3.05) is 17.7 Å². The Labute approximate surface area is 219 Å². The molecule has 0 aliphatic heterocycles. The van der Waals surface area contributed by atoms with Gasteiger partial charge >= 0.3 is 5.92 Å². The predicted molar refractivity (Wildman–Crippen MR) is 140 cm³/mol. The molecule has 0 radical (unpaired) electrons. The summed E-state index contributed by atoms with van der Waals surface area (Å²) in [7, 11) is 1.56. The van der Waals surface area contributed by atoms with Crippen LogP contribution in [0.4, 0.5) is 35.8 Å². The summed E-state index contributed by atoms with van der Waals surface area (Å²) in [5.74, 6) is -3.50. The highest BCUT2D eigenvalue weighted by Crippen LogP contribution is 2.37. The Morgan fingerprint density at radius 2 is 1.71 bits per heavy atom. The van der Waals surface area contributed by atoms with Gasteiger partial charge in [0.25, 0.3) is 0 Å². The summed E-state index contributed by atoms with van der Waals surface area (Å²) in [6, 6.07) is 17.4. The zero-order valence-electron chi connectivity index (χ0n) is 19.9. The van der Waals surface area contributed by atoms with Crippen LogP contribution in [0.15, 0.2) is 72.8 Å². The third-order valence-corrected chi connectivity index (χ3v) is 6.55. The first-order chi connectivity index (χ1) is 18.3. The number of fused-ring (bicyclic) bond motifs is 1. The molecule has 0 aliphatic carbocycles. The number of rotatable bonds is 9. The summed E-state index contributed by atoms with van der Waals surface area (Å²) in [6.45, 7) is 0. The number of halogens is 3. The summed E-state index contributed by atoms with van der Waals surface area (Å²) < 4.78 is 50.5. The number of nitrogens with one attached hydrogen (secondary N) is 2. The van der Waals surface area contributed by atoms with E-state index in [0.29, 0.717) is 22.1 Å². The maximum Gasteiger partial charge on any atom is 0.315 e. The molecule has 0 spiro atoms. The molecule has 5 aromatic rings. The molecule has 0 amide bonds. The molecule has 0 atom stereocenters. The van der Waals surface area contributed by atoms with Gasteiger partial charge in [-0.2, -0.15) is 13.8 Å². The van der Waals surface area contributed by atoms with E-state index < -0.39 is 23.0 Å². The van der Waals surface area contributed by atoms with Crippen molar-refractivity contribution in [2.24, 2.45) is 0 Å². The van der Waals surface area contributed by atoms with Crippen LogP contribution in [0, 0.1) is 5.82 Å². The minimum absolute atomic E-state index is 0.0855. The van der Waals surface area contributed by atoms with Crippen LogP contribution in [0.2, 0.25) is 0 Å². The van der Waals surface area contributed by atoms with E-state index in [1.54, 1.807) is 43.5 Å². The number of carbonyl (C=O) groups is 1. The molecule has 2 aromatic heterocycles. The van der Waals surface area contributed by atoms with E-state index in [-0.39, 0.29) is 18.2 Å². The fraction of sp³-hybridized carbons (Fsp3) is 0.111. The van der Waals surface area contributed by atoms with Crippen molar-refractivity contribution in [1.82, 2.24) is 15.0 Å². The maximum atomic E-state index is 15.5. The van der Waals surface area contributed by atoms with Crippen molar-refractivity contribution < 1.29 is 22.7 Å². The van der Waals surface area contributed by atoms with Gasteiger partial charge in [-0.15, -0.1) is 0 Å². The van der Waals surface area contributed by atoms with Gasteiger partial charge in [0.15, 0.2) is 5.13 Å². The van der Waals surface area contributed by atoms with Gasteiger partial charge in [0.05, 0.1) is 17.3 Å². The van der Waals surface area contributed by atoms with Gasteiger partial charge in [-0.05, 0) is 60.2 Å². The SMILES string of the molecule is COc1ccc2nc(Nc3cc(C(F)(F)c4ccc(F)cc4)nc(Nc4ccc(CC=O)cc4)n3)sc2c1. The summed E-state index contributed by atoms with van der Waals surface area (Å²) in [5, 5.41) is 6.37. The van der Waals surface area contributed by atoms with Crippen LogP contribution < -0.4 is 15.4 Å². The highest BCUT2D eigenvalue weighted by Gasteiger charge is 2.37. The van der Waals surface area contributed by atoms with E-state index in [0.717, 1.165) is 46.9 Å². The number of alkyl halides is 2. The third kappa shape index (κ3) is 5.42. The number of hydrogen-bond acceptors (Lipinski definition) is 8. The zero-order chi connectivity index (χ0) is 26.7. The zero-order valence-corrected chi connectivity index (χ0v) is 20.7. The van der Waals surface area contributed by atoms with Gasteiger partial charge in [0, 0.05) is 23.7 Å². The standard InChI is InChI=1S/C27H20F3N5O2S/c1-37-20-10-11-21-22(14-20)38-26(32-21)35-24-15-23(27(29,30)17-4-6-18(28)7-5-17)33-25(34-24)31-19-8-2-16(3-9-19)12-13-36/h2-11,13-15H,12H2,1H3,(H2,31,32,33,34,35). The van der Waals surface area contributed by atoms with Crippen molar-refractivity contribution >= 4 is 50.4 Å². The molecule has 0 saturated heterocycles. The molecule has 3 aromatic carbocycles. The molecule has 11 heteroatoms. The van der Waals surface area contributed by atoms with Crippen LogP contribution in [0.25, 0.3) is 10.2 Å². The molecular weight excluding hydrogens is 515 g/mol. The highest BCUT2D eigenvalue weighted by atomic mass is 32.1. The first-order valence-corrected chi connectivity index (χ1v) is 12.2. The summed E-state index contributed by atoms with van der Waals surface area (Å²) in [4.78, 5) is 23.7. The van der Waals surface area contributed by atoms with Crippen molar-refractivity contribution in [3.05, 3.63) is 95.4 Å². The van der Waals surface area contributed by atoms with Gasteiger partial charge in [0.2, 0.25) is 5.95 Å². The smallest absolute Gasteiger partial charge is 0.315 e. The molecule has 5 rings (SSSR count). The topological polar surface area (TPSA) is 89.0 Å². The number of thiazole rings is 1. The number of methoxy groups -OCH3 is 1. The Balaban J connectivity index is 1.52. The Morgan fingerprint density at radius 3 is 2.42 bits per heavy atom. The second-order valence-corrected chi connectivity index (χ2v) is 9.24. The normalized spacial score (nSPS) is 11.4. The summed E-state index contributed by atoms with van der Waals surface area (Å²) >= 11 is 1.31. The number of hydrogen-bond donors (Lipinski definition) is 2. The number of nitrogens with zero attached hydrogens (tertiary/aromatic N) is 3. The van der Waals surface area contributed by atoms with E-state index >= 15 is 8.78 Å². The van der Waals surface area contributed by atoms with Crippen molar-refractivity contribution in [3.8, 4) is 5.75 Å². The lowest BCUT2D eigenvalue weighted by Gasteiger charge is -2.18. The Hall–Kier alpha value is -4.51. The minimum atomic E-state index is -3.54. The fourth-order valence-corrected chi connectivity index (χ4v) is 4.58. The second kappa shape index (κ2) is 10.5. The summed E-state index contributed by atoms with van der Waals surface area (Å²) in [5.41, 5.74) is 1.04.